The highest BCUT2D eigenvalue weighted by atomic mass is 16.5. The number of fused-ring (bicyclic) bond motifs is 4. The van der Waals surface area contributed by atoms with Gasteiger partial charge < -0.3 is 18.6 Å². The molecule has 0 atom stereocenters. The first kappa shape index (κ1) is 17.6. The van der Waals surface area contributed by atoms with Crippen LogP contribution in [-0.2, 0) is 17.7 Å². The Kier molecular flexibility index (Phi) is 4.16. The van der Waals surface area contributed by atoms with Crippen molar-refractivity contribution in [3.63, 3.8) is 0 Å². The number of nitrogens with zero attached hydrogens (tertiary/aromatic N) is 2. The van der Waals surface area contributed by atoms with Crippen LogP contribution in [0.1, 0.15) is 34.2 Å². The molecule has 0 radical (unpaired) electrons. The lowest BCUT2D eigenvalue weighted by Crippen LogP contribution is -2.15. The van der Waals surface area contributed by atoms with Gasteiger partial charge in [0.15, 0.2) is 0 Å². The molecule has 0 bridgehead atoms. The van der Waals surface area contributed by atoms with Crippen molar-refractivity contribution in [2.75, 3.05) is 13.7 Å². The van der Waals surface area contributed by atoms with Gasteiger partial charge in [0.25, 0.3) is 0 Å². The molecule has 0 unspecified atom stereocenters. The van der Waals surface area contributed by atoms with Crippen LogP contribution >= 0.6 is 0 Å². The van der Waals surface area contributed by atoms with Gasteiger partial charge in [-0.05, 0) is 61.0 Å². The van der Waals surface area contributed by atoms with E-state index in [1.54, 1.807) is 7.11 Å². The molecular weight excluding hydrogens is 364 g/mol. The molecule has 0 saturated carbocycles. The summed E-state index contributed by atoms with van der Waals surface area (Å²) in [5.74, 6) is 0.549. The van der Waals surface area contributed by atoms with Crippen LogP contribution in [0.3, 0.4) is 0 Å². The molecule has 0 N–H and O–H groups in total. The van der Waals surface area contributed by atoms with Crippen molar-refractivity contribution < 1.29 is 14.3 Å². The monoisotopic (exact) mass is 386 g/mol. The summed E-state index contributed by atoms with van der Waals surface area (Å²) in [6, 6.07) is 18.1. The van der Waals surface area contributed by atoms with Gasteiger partial charge in [-0.2, -0.15) is 0 Å². The van der Waals surface area contributed by atoms with Crippen LogP contribution < -0.4 is 4.74 Å². The zero-order chi connectivity index (χ0) is 20.0. The first-order chi connectivity index (χ1) is 14.2. The zero-order valence-corrected chi connectivity index (χ0v) is 16.5. The highest BCUT2D eigenvalue weighted by Gasteiger charge is 2.27. The molecule has 5 rings (SSSR count). The summed E-state index contributed by atoms with van der Waals surface area (Å²) >= 11 is 0. The molecule has 1 aliphatic rings. The first-order valence-corrected chi connectivity index (χ1v) is 9.82. The highest BCUT2D eigenvalue weighted by molar-refractivity contribution is 6.06. The third-order valence-electron chi connectivity index (χ3n) is 5.63. The molecule has 0 amide bonds. The van der Waals surface area contributed by atoms with Crippen LogP contribution in [0, 0.1) is 0 Å². The normalized spacial score (nSPS) is 12.5. The molecule has 3 heterocycles. The maximum Gasteiger partial charge on any atom is 0.338 e. The molecule has 5 heteroatoms. The molecule has 1 aliphatic heterocycles. The van der Waals surface area contributed by atoms with Crippen molar-refractivity contribution in [2.45, 2.75) is 19.9 Å². The molecule has 0 spiro atoms. The largest absolute Gasteiger partial charge is 0.497 e. The second kappa shape index (κ2) is 6.85. The van der Waals surface area contributed by atoms with Crippen LogP contribution in [0.25, 0.3) is 16.6 Å². The van der Waals surface area contributed by atoms with Crippen LogP contribution in [0.4, 0.5) is 0 Å². The van der Waals surface area contributed by atoms with Gasteiger partial charge in [-0.15, -0.1) is 0 Å². The summed E-state index contributed by atoms with van der Waals surface area (Å²) in [6.07, 6.45) is 2.90. The second-order valence-corrected chi connectivity index (χ2v) is 7.18. The van der Waals surface area contributed by atoms with Gasteiger partial charge in [0, 0.05) is 35.1 Å². The van der Waals surface area contributed by atoms with Crippen LogP contribution in [0.2, 0.25) is 0 Å². The summed E-state index contributed by atoms with van der Waals surface area (Å²) < 4.78 is 15.2. The Morgan fingerprint density at radius 3 is 2.66 bits per heavy atom. The first-order valence-electron chi connectivity index (χ1n) is 9.82. The van der Waals surface area contributed by atoms with E-state index >= 15 is 0 Å². The molecular formula is C24H22N2O3. The summed E-state index contributed by atoms with van der Waals surface area (Å²) in [5.41, 5.74) is 6.36. The number of esters is 1. The van der Waals surface area contributed by atoms with E-state index in [9.17, 15) is 4.79 Å². The summed E-state index contributed by atoms with van der Waals surface area (Å²) in [4.78, 5) is 12.7. The van der Waals surface area contributed by atoms with E-state index in [0.717, 1.165) is 35.3 Å². The maximum absolute atomic E-state index is 12.7. The number of hydrogen-bond donors (Lipinski definition) is 0. The van der Waals surface area contributed by atoms with Gasteiger partial charge in [-0.1, -0.05) is 6.07 Å². The smallest absolute Gasteiger partial charge is 0.338 e. The number of hydrogen-bond acceptors (Lipinski definition) is 3. The Balaban J connectivity index is 1.79. The topological polar surface area (TPSA) is 45.4 Å². The Morgan fingerprint density at radius 2 is 1.90 bits per heavy atom. The number of benzene rings is 2. The average Bonchev–Trinajstić information content (AvgIpc) is 3.33. The highest BCUT2D eigenvalue weighted by Crippen LogP contribution is 2.37. The molecule has 0 aliphatic carbocycles. The third-order valence-corrected chi connectivity index (χ3v) is 5.63. The Morgan fingerprint density at radius 1 is 1.07 bits per heavy atom. The van der Waals surface area contributed by atoms with Crippen LogP contribution in [-0.4, -0.2) is 28.8 Å². The van der Waals surface area contributed by atoms with E-state index in [2.05, 4.69) is 45.7 Å². The van der Waals surface area contributed by atoms with Crippen molar-refractivity contribution in [1.82, 2.24) is 9.13 Å². The maximum atomic E-state index is 12.7. The minimum atomic E-state index is -0.270. The van der Waals surface area contributed by atoms with Crippen molar-refractivity contribution in [2.24, 2.45) is 0 Å². The fourth-order valence-electron chi connectivity index (χ4n) is 4.34. The summed E-state index contributed by atoms with van der Waals surface area (Å²) in [7, 11) is 1.67. The summed E-state index contributed by atoms with van der Waals surface area (Å²) in [6.45, 7) is 2.96. The van der Waals surface area contributed by atoms with Gasteiger partial charge in [-0.25, -0.2) is 4.79 Å². The van der Waals surface area contributed by atoms with Gasteiger partial charge in [0.2, 0.25) is 0 Å². The van der Waals surface area contributed by atoms with E-state index in [4.69, 9.17) is 9.47 Å². The average molecular weight is 386 g/mol. The summed E-state index contributed by atoms with van der Waals surface area (Å²) in [5, 5.41) is 0.990. The lowest BCUT2D eigenvalue weighted by Gasteiger charge is -2.20. The number of carbonyl (C=O) groups is 1. The van der Waals surface area contributed by atoms with Gasteiger partial charge in [0.1, 0.15) is 5.75 Å². The van der Waals surface area contributed by atoms with Crippen molar-refractivity contribution in [3.8, 4) is 11.4 Å². The fraction of sp³-hybridized carbons (Fsp3) is 0.208. The molecule has 4 aromatic rings. The van der Waals surface area contributed by atoms with Gasteiger partial charge in [-0.3, -0.25) is 0 Å². The molecule has 29 heavy (non-hydrogen) atoms. The van der Waals surface area contributed by atoms with Crippen molar-refractivity contribution in [3.05, 3.63) is 83.3 Å². The van der Waals surface area contributed by atoms with Crippen molar-refractivity contribution >= 4 is 16.9 Å². The van der Waals surface area contributed by atoms with Crippen LogP contribution in [0.15, 0.2) is 60.8 Å². The Hall–Kier alpha value is -3.47. The molecule has 2 aromatic heterocycles. The predicted molar refractivity (Wildman–Crippen MR) is 112 cm³/mol. The number of ether oxygens (including phenoxy) is 2. The second-order valence-electron chi connectivity index (χ2n) is 7.18. The number of aromatic nitrogens is 2. The number of rotatable bonds is 4. The molecule has 0 saturated heterocycles. The molecule has 146 valence electrons. The Labute approximate surface area is 169 Å². The lowest BCUT2D eigenvalue weighted by atomic mass is 9.99. The number of methoxy groups -OCH3 is 1. The zero-order valence-electron chi connectivity index (χ0n) is 16.5. The fourth-order valence-corrected chi connectivity index (χ4v) is 4.34. The number of carbonyl (C=O) groups excluding carboxylic acids is 1. The third kappa shape index (κ3) is 2.73. The van der Waals surface area contributed by atoms with E-state index in [-0.39, 0.29) is 5.97 Å². The standard InChI is InChI=1S/C24H22N2O3/c1-3-29-24(27)19-7-4-8-21-23(19)20-14-17-6-5-13-25(17)15-22(20)26(21)16-9-11-18(28-2)12-10-16/h4-13H,3,14-15H2,1-2H3. The predicted octanol–water partition coefficient (Wildman–Crippen LogP) is 4.57. The van der Waals surface area contributed by atoms with E-state index in [1.807, 2.05) is 31.2 Å². The minimum Gasteiger partial charge on any atom is -0.497 e. The quantitative estimate of drug-likeness (QED) is 0.425. The molecule has 0 fully saturated rings. The molecule has 2 aromatic carbocycles. The van der Waals surface area contributed by atoms with E-state index in [0.29, 0.717) is 12.2 Å². The Bertz CT molecular complexity index is 1220. The lowest BCUT2D eigenvalue weighted by molar-refractivity contribution is 0.0528. The van der Waals surface area contributed by atoms with Gasteiger partial charge in [0.05, 0.1) is 31.3 Å². The van der Waals surface area contributed by atoms with Crippen LogP contribution in [0.5, 0.6) is 5.75 Å². The molecule has 5 nitrogen and oxygen atoms in total. The SMILES string of the molecule is CCOC(=O)c1cccc2c1c1c(n2-c2ccc(OC)cc2)Cn2cccc2C1. The minimum absolute atomic E-state index is 0.270. The van der Waals surface area contributed by atoms with Gasteiger partial charge >= 0.3 is 5.97 Å². The van der Waals surface area contributed by atoms with Crippen molar-refractivity contribution in [1.29, 1.82) is 0 Å². The van der Waals surface area contributed by atoms with E-state index < -0.39 is 0 Å². The van der Waals surface area contributed by atoms with E-state index in [1.165, 1.54) is 17.0 Å².